The fourth-order valence-corrected chi connectivity index (χ4v) is 6.63. The van der Waals surface area contributed by atoms with Gasteiger partial charge in [0.05, 0.1) is 18.0 Å². The van der Waals surface area contributed by atoms with Gasteiger partial charge >= 0.3 is 24.7 Å². The number of benzene rings is 4. The maximum Gasteiger partial charge on any atom is 0.430 e. The van der Waals surface area contributed by atoms with E-state index in [2.05, 4.69) is 0 Å². The molecule has 0 unspecified atom stereocenters. The minimum absolute atomic E-state index is 0.0359. The van der Waals surface area contributed by atoms with Crippen LogP contribution in [0.25, 0.3) is 0 Å². The Morgan fingerprint density at radius 2 is 0.900 bits per heavy atom. The van der Waals surface area contributed by atoms with Gasteiger partial charge in [-0.15, -0.1) is 0 Å². The number of nitrogens with zero attached hydrogens (tertiary/aromatic N) is 3. The van der Waals surface area contributed by atoms with Crippen molar-refractivity contribution in [3.05, 3.63) is 128 Å². The number of halogens is 12. The summed E-state index contributed by atoms with van der Waals surface area (Å²) in [5.41, 5.74) is -3.89. The molecule has 0 radical (unpaired) electrons. The molecule has 0 saturated carbocycles. The van der Waals surface area contributed by atoms with Crippen molar-refractivity contribution < 1.29 is 77.4 Å². The lowest BCUT2D eigenvalue weighted by atomic mass is 9.91. The van der Waals surface area contributed by atoms with Crippen LogP contribution in [-0.2, 0) is 46.7 Å². The van der Waals surface area contributed by atoms with Crippen molar-refractivity contribution in [1.29, 1.82) is 0 Å². The van der Waals surface area contributed by atoms with Crippen molar-refractivity contribution in [2.75, 3.05) is 15.5 Å². The molecule has 2 heterocycles. The second-order valence-corrected chi connectivity index (χ2v) is 13.7. The van der Waals surface area contributed by atoms with Crippen LogP contribution in [-0.4, -0.2) is 51.7 Å². The first-order valence-electron chi connectivity index (χ1n) is 17.3. The van der Waals surface area contributed by atoms with E-state index in [9.17, 15) is 82.6 Å². The van der Waals surface area contributed by atoms with Gasteiger partial charge in [-0.3, -0.25) is 19.7 Å². The molecule has 60 heavy (non-hydrogen) atoms. The summed E-state index contributed by atoms with van der Waals surface area (Å²) >= 11 is 0. The molecule has 6 rings (SSSR count). The van der Waals surface area contributed by atoms with Gasteiger partial charge in [0.15, 0.2) is 0 Å². The molecule has 22 heteroatoms. The quantitative estimate of drug-likeness (QED) is 0.0731. The van der Waals surface area contributed by atoms with Crippen LogP contribution >= 0.6 is 0 Å². The zero-order valence-electron chi connectivity index (χ0n) is 30.3. The zero-order valence-corrected chi connectivity index (χ0v) is 30.3. The number of nitrogens with two attached hydrogens (primary N) is 1. The summed E-state index contributed by atoms with van der Waals surface area (Å²) in [7, 11) is 0. The lowest BCUT2D eigenvalue weighted by Crippen LogP contribution is -2.53. The molecule has 0 saturated heterocycles. The Labute approximate surface area is 330 Å². The average Bonchev–Trinajstić information content (AvgIpc) is 3.15. The van der Waals surface area contributed by atoms with Gasteiger partial charge in [0, 0.05) is 53.2 Å². The summed E-state index contributed by atoms with van der Waals surface area (Å²) in [6, 6.07) is 14.9. The van der Waals surface area contributed by atoms with Crippen molar-refractivity contribution in [2.24, 2.45) is 0 Å². The molecular weight excluding hydrogens is 836 g/mol. The van der Waals surface area contributed by atoms with Gasteiger partial charge in [-0.05, 0) is 59.4 Å². The molecule has 2 aliphatic rings. The number of amides is 2. The Bertz CT molecular complexity index is 2230. The Balaban J connectivity index is 0.000000228. The number of rotatable bonds is 7. The number of anilines is 3. The fraction of sp³-hybridized carbons (Fsp3) is 0.316. The lowest BCUT2D eigenvalue weighted by molar-refractivity contribution is -0.384. The van der Waals surface area contributed by atoms with Crippen LogP contribution in [0.2, 0.25) is 0 Å². The zero-order chi connectivity index (χ0) is 44.8. The molecule has 2 aliphatic heterocycles. The Morgan fingerprint density at radius 1 is 0.550 bits per heavy atom. The predicted molar refractivity (Wildman–Crippen MR) is 188 cm³/mol. The van der Waals surface area contributed by atoms with Crippen LogP contribution in [0.1, 0.15) is 46.2 Å². The van der Waals surface area contributed by atoms with Crippen LogP contribution in [0.5, 0.6) is 0 Å². The number of aryl methyl sites for hydroxylation is 2. The maximum atomic E-state index is 13.0. The van der Waals surface area contributed by atoms with E-state index in [-0.39, 0.29) is 55.4 Å². The third kappa shape index (κ3) is 8.56. The number of hydrogen-bond acceptors (Lipinski definition) is 7. The number of fused-ring (bicyclic) bond motifs is 2. The molecule has 0 fully saturated rings. The molecule has 4 aromatic rings. The number of carbonyl (C=O) groups is 2. The Hall–Kier alpha value is -5.90. The highest BCUT2D eigenvalue weighted by Gasteiger charge is 2.72. The molecule has 322 valence electrons. The molecular formula is C38H30F12N4O6. The van der Waals surface area contributed by atoms with E-state index in [0.717, 1.165) is 29.8 Å². The van der Waals surface area contributed by atoms with E-state index in [4.69, 9.17) is 5.73 Å². The highest BCUT2D eigenvalue weighted by atomic mass is 19.4. The van der Waals surface area contributed by atoms with Crippen LogP contribution in [0.4, 0.5) is 75.4 Å². The lowest BCUT2D eigenvalue weighted by Gasteiger charge is -2.33. The minimum Gasteiger partial charge on any atom is -0.399 e. The van der Waals surface area contributed by atoms with Crippen molar-refractivity contribution >= 4 is 34.6 Å². The topological polar surface area (TPSA) is 150 Å². The van der Waals surface area contributed by atoms with E-state index in [1.165, 1.54) is 28.0 Å². The van der Waals surface area contributed by atoms with Crippen LogP contribution in [0, 0.1) is 10.1 Å². The Kier molecular flexibility index (Phi) is 12.0. The van der Waals surface area contributed by atoms with E-state index in [0.29, 0.717) is 58.9 Å². The molecule has 0 bridgehead atoms. The predicted octanol–water partition coefficient (Wildman–Crippen LogP) is 8.45. The van der Waals surface area contributed by atoms with Gasteiger partial charge in [0.1, 0.15) is 0 Å². The molecule has 2 amide bonds. The summed E-state index contributed by atoms with van der Waals surface area (Å²) in [4.78, 5) is 37.6. The van der Waals surface area contributed by atoms with Crippen molar-refractivity contribution in [1.82, 2.24) is 0 Å². The van der Waals surface area contributed by atoms with Crippen molar-refractivity contribution in [3.63, 3.8) is 0 Å². The average molecular weight is 867 g/mol. The van der Waals surface area contributed by atoms with Gasteiger partial charge in [-0.1, -0.05) is 48.5 Å². The molecule has 10 nitrogen and oxygen atoms in total. The first kappa shape index (κ1) is 45.2. The monoisotopic (exact) mass is 866 g/mol. The number of hydrogen-bond donors (Lipinski definition) is 3. The molecule has 0 aromatic heterocycles. The highest BCUT2D eigenvalue weighted by molar-refractivity contribution is 5.97. The summed E-state index contributed by atoms with van der Waals surface area (Å²) < 4.78 is 156. The number of alkyl halides is 12. The minimum atomic E-state index is -6.00. The van der Waals surface area contributed by atoms with E-state index in [1.54, 1.807) is 18.2 Å². The molecule has 0 aliphatic carbocycles. The van der Waals surface area contributed by atoms with Gasteiger partial charge in [-0.25, -0.2) is 0 Å². The summed E-state index contributed by atoms with van der Waals surface area (Å²) in [6.07, 6.45) is -22.9. The number of non-ortho nitro benzene ring substituents is 1. The molecule has 4 N–H and O–H groups in total. The van der Waals surface area contributed by atoms with Crippen LogP contribution in [0.3, 0.4) is 0 Å². The second-order valence-electron chi connectivity index (χ2n) is 13.7. The number of aliphatic hydroxyl groups is 2. The van der Waals surface area contributed by atoms with Crippen molar-refractivity contribution in [3.8, 4) is 0 Å². The highest BCUT2D eigenvalue weighted by Crippen LogP contribution is 2.51. The van der Waals surface area contributed by atoms with Gasteiger partial charge in [0.2, 0.25) is 11.8 Å². The second kappa shape index (κ2) is 15.9. The first-order chi connectivity index (χ1) is 27.6. The largest absolute Gasteiger partial charge is 0.430 e. The molecule has 0 atom stereocenters. The normalized spacial score (nSPS) is 15.2. The number of nitro groups is 1. The number of carbonyl (C=O) groups excluding carboxylic acids is 2. The van der Waals surface area contributed by atoms with Crippen LogP contribution in [0.15, 0.2) is 84.9 Å². The maximum absolute atomic E-state index is 13.0. The first-order valence-corrected chi connectivity index (χ1v) is 17.3. The van der Waals surface area contributed by atoms with E-state index >= 15 is 0 Å². The van der Waals surface area contributed by atoms with Gasteiger partial charge in [0.25, 0.3) is 16.9 Å². The SMILES string of the molecule is Nc1ccc2c(c1)CCC(=O)N2Cc1ccc(C(O)(C(F)(F)F)C(F)(F)F)cc1.O=C1CCc2cc([N+](=O)[O-])ccc2N1Cc1ccc(C(O)(C(F)(F)F)C(F)(F)F)cc1. The number of nitro benzene ring substituents is 1. The smallest absolute Gasteiger partial charge is 0.399 e. The molecule has 0 spiro atoms. The number of nitrogen functional groups attached to an aromatic ring is 1. The molecule has 4 aromatic carbocycles. The standard InChI is InChI=1S/C19H14F6N2O4.C19H16F6N2O2/c20-18(21,22)17(29,19(23,24)25)13-4-1-11(2-5-13)10-26-15-7-6-14(27(30)31)9-12(15)3-8-16(26)28;20-18(21,22)17(29,19(23,24)25)13-4-1-11(2-5-13)10-27-15-7-6-14(26)9-12(15)3-8-16(27)28/h1-2,4-7,9,29H,3,8,10H2;1-2,4-7,9,29H,3,8,10,26H2. The van der Waals surface area contributed by atoms with Gasteiger partial charge in [-0.2, -0.15) is 52.7 Å². The third-order valence-corrected chi connectivity index (χ3v) is 9.84. The van der Waals surface area contributed by atoms with Crippen LogP contribution < -0.4 is 15.5 Å². The fourth-order valence-electron chi connectivity index (χ4n) is 6.63. The van der Waals surface area contributed by atoms with E-state index in [1.807, 2.05) is 0 Å². The van der Waals surface area contributed by atoms with E-state index < -0.39 is 52.0 Å². The summed E-state index contributed by atoms with van der Waals surface area (Å²) in [5, 5.41) is 29.8. The van der Waals surface area contributed by atoms with Crippen molar-refractivity contribution in [2.45, 2.75) is 74.7 Å². The summed E-state index contributed by atoms with van der Waals surface area (Å²) in [6.45, 7) is -0.229. The Morgan fingerprint density at radius 3 is 1.25 bits per heavy atom. The summed E-state index contributed by atoms with van der Waals surface area (Å²) in [5.74, 6) is -0.582. The van der Waals surface area contributed by atoms with Gasteiger partial charge < -0.3 is 25.7 Å². The third-order valence-electron chi connectivity index (χ3n) is 9.84.